The maximum atomic E-state index is 11.6. The highest BCUT2D eigenvalue weighted by Crippen LogP contribution is 2.04. The third kappa shape index (κ3) is 7.17. The normalized spacial score (nSPS) is 12.6. The Morgan fingerprint density at radius 3 is 2.59 bits per heavy atom. The number of ketones is 2. The minimum atomic E-state index is -0.241. The van der Waals surface area contributed by atoms with Gasteiger partial charge in [-0.05, 0) is 6.92 Å². The van der Waals surface area contributed by atoms with Crippen molar-refractivity contribution >= 4 is 24.2 Å². The van der Waals surface area contributed by atoms with Crippen LogP contribution in [0.3, 0.4) is 0 Å². The fourth-order valence-electron chi connectivity index (χ4n) is 1.74. The van der Waals surface area contributed by atoms with E-state index in [0.717, 1.165) is 5.69 Å². The topological polar surface area (TPSA) is 74.1 Å². The molecule has 7 heteroatoms. The highest BCUT2D eigenvalue weighted by atomic mass is 32.1. The van der Waals surface area contributed by atoms with Crippen LogP contribution in [-0.4, -0.2) is 45.0 Å². The average molecular weight is 327 g/mol. The molecule has 0 fully saturated rings. The van der Waals surface area contributed by atoms with Crippen molar-refractivity contribution in [2.45, 2.75) is 51.8 Å². The van der Waals surface area contributed by atoms with E-state index in [0.29, 0.717) is 39.0 Å². The van der Waals surface area contributed by atoms with Crippen LogP contribution < -0.4 is 0 Å². The lowest BCUT2D eigenvalue weighted by atomic mass is 10.0. The number of carbonyl (C=O) groups is 2. The second-order valence-electron chi connectivity index (χ2n) is 5.60. The van der Waals surface area contributed by atoms with E-state index in [-0.39, 0.29) is 22.7 Å². The van der Waals surface area contributed by atoms with Gasteiger partial charge in [0.1, 0.15) is 11.6 Å². The molecule has 1 unspecified atom stereocenters. The quantitative estimate of drug-likeness (QED) is 0.495. The molecule has 0 saturated carbocycles. The molecule has 0 radical (unpaired) electrons. The first-order chi connectivity index (χ1) is 10.4. The third-order valence-corrected chi connectivity index (χ3v) is 3.57. The van der Waals surface area contributed by atoms with Gasteiger partial charge in [0.05, 0.1) is 30.7 Å². The second-order valence-corrected chi connectivity index (χ2v) is 6.37. The molecule has 1 atom stereocenters. The molecule has 0 aromatic carbocycles. The number of rotatable bonds is 11. The molecule has 0 aliphatic carbocycles. The van der Waals surface area contributed by atoms with Crippen molar-refractivity contribution in [3.8, 4) is 0 Å². The molecule has 1 rings (SSSR count). The summed E-state index contributed by atoms with van der Waals surface area (Å²) in [6.07, 6.45) is 3.32. The number of ether oxygens (including phenoxy) is 1. The zero-order valence-corrected chi connectivity index (χ0v) is 14.4. The minimum absolute atomic E-state index is 0.0612. The van der Waals surface area contributed by atoms with Crippen LogP contribution >= 0.6 is 12.6 Å². The number of thiol groups is 1. The number of aryl methyl sites for hydroxylation is 1. The maximum Gasteiger partial charge on any atom is 0.147 e. The first-order valence-electron chi connectivity index (χ1n) is 7.60. The fraction of sp³-hybridized carbons (Fsp3) is 0.733. The number of Topliss-reactive ketones (excluding diaryl/α,β-unsaturated/α-hetero) is 2. The Morgan fingerprint density at radius 1 is 1.23 bits per heavy atom. The first kappa shape index (κ1) is 18.8. The number of hydrogen-bond donors (Lipinski definition) is 1. The lowest BCUT2D eigenvalue weighted by Gasteiger charge is -2.05. The van der Waals surface area contributed by atoms with Gasteiger partial charge < -0.3 is 4.74 Å². The molecule has 0 spiro atoms. The Hall–Kier alpha value is -1.21. The molecule has 1 heterocycles. The van der Waals surface area contributed by atoms with E-state index >= 15 is 0 Å². The molecule has 0 aliphatic heterocycles. The van der Waals surface area contributed by atoms with Gasteiger partial charge in [0.2, 0.25) is 0 Å². The van der Waals surface area contributed by atoms with Gasteiger partial charge in [0, 0.05) is 31.4 Å². The molecule has 22 heavy (non-hydrogen) atoms. The highest BCUT2D eigenvalue weighted by Gasteiger charge is 2.09. The summed E-state index contributed by atoms with van der Waals surface area (Å²) in [6.45, 7) is 7.00. The van der Waals surface area contributed by atoms with Crippen LogP contribution in [-0.2, 0) is 27.3 Å². The Morgan fingerprint density at radius 2 is 1.95 bits per heavy atom. The Balaban J connectivity index is 2.20. The second kappa shape index (κ2) is 9.74. The maximum absolute atomic E-state index is 11.6. The molecular formula is C15H25N3O3S. The molecule has 0 aliphatic rings. The molecule has 0 bridgehead atoms. The monoisotopic (exact) mass is 327 g/mol. The average Bonchev–Trinajstić information content (AvgIpc) is 2.91. The van der Waals surface area contributed by atoms with E-state index in [2.05, 4.69) is 22.9 Å². The molecule has 0 saturated heterocycles. The summed E-state index contributed by atoms with van der Waals surface area (Å²) in [6, 6.07) is 0. The first-order valence-corrected chi connectivity index (χ1v) is 8.12. The number of carbonyl (C=O) groups excluding carboxylic acids is 2. The lowest BCUT2D eigenvalue weighted by molar-refractivity contribution is -0.122. The summed E-state index contributed by atoms with van der Waals surface area (Å²) in [4.78, 5) is 22.9. The predicted octanol–water partition coefficient (Wildman–Crippen LogP) is 1.73. The lowest BCUT2D eigenvalue weighted by Crippen LogP contribution is -2.14. The summed E-state index contributed by atoms with van der Waals surface area (Å²) in [5.74, 6) is 0.383. The number of nitrogens with zero attached hydrogens (tertiary/aromatic N) is 3. The van der Waals surface area contributed by atoms with Crippen LogP contribution in [0.5, 0.6) is 0 Å². The van der Waals surface area contributed by atoms with Crippen LogP contribution in [0.1, 0.15) is 39.3 Å². The number of aromatic nitrogens is 3. The van der Waals surface area contributed by atoms with Crippen LogP contribution in [0.15, 0.2) is 6.20 Å². The SMILES string of the molecule is CC(C)C(=O)CCc1cn(CCOCCC(=O)C(C)S)nn1. The van der Waals surface area contributed by atoms with E-state index in [1.807, 2.05) is 20.0 Å². The van der Waals surface area contributed by atoms with E-state index < -0.39 is 0 Å². The summed E-state index contributed by atoms with van der Waals surface area (Å²) < 4.78 is 7.09. The van der Waals surface area contributed by atoms with Crippen molar-refractivity contribution in [2.24, 2.45) is 5.92 Å². The van der Waals surface area contributed by atoms with Gasteiger partial charge in [-0.25, -0.2) is 4.68 Å². The molecule has 1 aromatic heterocycles. The molecular weight excluding hydrogens is 302 g/mol. The van der Waals surface area contributed by atoms with E-state index in [4.69, 9.17) is 4.74 Å². The molecule has 1 aromatic rings. The van der Waals surface area contributed by atoms with E-state index in [1.165, 1.54) is 0 Å². The highest BCUT2D eigenvalue weighted by molar-refractivity contribution is 7.81. The van der Waals surface area contributed by atoms with Gasteiger partial charge in [0.25, 0.3) is 0 Å². The molecule has 6 nitrogen and oxygen atoms in total. The van der Waals surface area contributed by atoms with Gasteiger partial charge in [-0.3, -0.25) is 9.59 Å². The van der Waals surface area contributed by atoms with Crippen molar-refractivity contribution in [2.75, 3.05) is 13.2 Å². The standard InChI is InChI=1S/C15H25N3O3S/c1-11(2)14(19)5-4-13-10-18(17-16-13)7-9-21-8-6-15(20)12(3)22/h10-12,22H,4-9H2,1-3H3. The Kier molecular flexibility index (Phi) is 8.34. The van der Waals surface area contributed by atoms with Crippen LogP contribution in [0, 0.1) is 5.92 Å². The van der Waals surface area contributed by atoms with Gasteiger partial charge in [-0.15, -0.1) is 5.10 Å². The van der Waals surface area contributed by atoms with Crippen LogP contribution in [0.4, 0.5) is 0 Å². The van der Waals surface area contributed by atoms with Gasteiger partial charge in [-0.1, -0.05) is 19.1 Å². The van der Waals surface area contributed by atoms with Crippen LogP contribution in [0.2, 0.25) is 0 Å². The third-order valence-electron chi connectivity index (χ3n) is 3.28. The summed E-state index contributed by atoms with van der Waals surface area (Å²) in [5, 5.41) is 7.79. The zero-order valence-electron chi connectivity index (χ0n) is 13.5. The van der Waals surface area contributed by atoms with Crippen molar-refractivity contribution in [1.29, 1.82) is 0 Å². The Bertz CT molecular complexity index is 486. The van der Waals surface area contributed by atoms with Gasteiger partial charge in [-0.2, -0.15) is 12.6 Å². The summed E-state index contributed by atoms with van der Waals surface area (Å²) >= 11 is 4.07. The minimum Gasteiger partial charge on any atom is -0.379 e. The van der Waals surface area contributed by atoms with Crippen molar-refractivity contribution in [1.82, 2.24) is 15.0 Å². The van der Waals surface area contributed by atoms with Crippen molar-refractivity contribution in [3.63, 3.8) is 0 Å². The zero-order chi connectivity index (χ0) is 16.5. The van der Waals surface area contributed by atoms with Gasteiger partial charge in [0.15, 0.2) is 0 Å². The largest absolute Gasteiger partial charge is 0.379 e. The molecule has 0 N–H and O–H groups in total. The predicted molar refractivity (Wildman–Crippen MR) is 87.1 cm³/mol. The van der Waals surface area contributed by atoms with Crippen molar-refractivity contribution < 1.29 is 14.3 Å². The molecule has 0 amide bonds. The Labute approximate surface area is 137 Å². The van der Waals surface area contributed by atoms with Crippen molar-refractivity contribution in [3.05, 3.63) is 11.9 Å². The summed E-state index contributed by atoms with van der Waals surface area (Å²) in [5.41, 5.74) is 0.813. The fourth-order valence-corrected chi connectivity index (χ4v) is 1.87. The smallest absolute Gasteiger partial charge is 0.147 e. The molecule has 124 valence electrons. The number of hydrogen-bond acceptors (Lipinski definition) is 6. The van der Waals surface area contributed by atoms with E-state index in [9.17, 15) is 9.59 Å². The summed E-state index contributed by atoms with van der Waals surface area (Å²) in [7, 11) is 0. The van der Waals surface area contributed by atoms with Crippen LogP contribution in [0.25, 0.3) is 0 Å². The van der Waals surface area contributed by atoms with Gasteiger partial charge >= 0.3 is 0 Å². The van der Waals surface area contributed by atoms with E-state index in [1.54, 1.807) is 11.6 Å².